The summed E-state index contributed by atoms with van der Waals surface area (Å²) < 4.78 is 11.4. The number of nitrogens with zero attached hydrogens (tertiary/aromatic N) is 1. The number of morpholine rings is 1. The number of allylic oxidation sites excluding steroid dienone is 1. The van der Waals surface area contributed by atoms with Crippen molar-refractivity contribution < 1.29 is 29.0 Å². The average molecular weight is 647 g/mol. The number of amides is 4. The van der Waals surface area contributed by atoms with E-state index in [1.165, 1.54) is 18.2 Å². The van der Waals surface area contributed by atoms with Crippen molar-refractivity contribution in [3.05, 3.63) is 47.7 Å². The van der Waals surface area contributed by atoms with Crippen molar-refractivity contribution >= 4 is 29.6 Å². The van der Waals surface area contributed by atoms with Crippen molar-refractivity contribution in [1.82, 2.24) is 20.9 Å². The Morgan fingerprint density at radius 3 is 2.31 bits per heavy atom. The molecule has 45 heavy (non-hydrogen) atoms. The van der Waals surface area contributed by atoms with E-state index in [0.29, 0.717) is 56.6 Å². The molecule has 0 aromatic heterocycles. The van der Waals surface area contributed by atoms with Gasteiger partial charge in [-0.3, -0.25) is 9.59 Å². The quantitative estimate of drug-likeness (QED) is 0.200. The standard InChI is InChI=1S/C34H54N4O6S/c1-5-12-30(44-24(2)3)31(39)27(21-25-13-8-6-9-14-25)35-33(41)29(23-45-4)36-32(40)28(22-26-15-10-7-11-16-26)37-34(42)38-17-19-43-20-18-38/h7,10-12,15-16,24-25,27-29,31,39H,5-6,8-9,13-14,17-23H2,1-4H3,(H,35,41)(H,36,40)(H,37,42)/b30-12+/t27-,28-,29+,31-/m0/s1. The fourth-order valence-corrected chi connectivity index (χ4v) is 6.50. The minimum atomic E-state index is -1.01. The Hall–Kier alpha value is -2.76. The summed E-state index contributed by atoms with van der Waals surface area (Å²) in [6, 6.07) is 6.83. The van der Waals surface area contributed by atoms with Crippen LogP contribution in [-0.2, 0) is 25.5 Å². The molecule has 0 spiro atoms. The second-order valence-corrected chi connectivity index (χ2v) is 13.2. The zero-order chi connectivity index (χ0) is 32.6. The third kappa shape index (κ3) is 12.5. The van der Waals surface area contributed by atoms with E-state index in [-0.39, 0.29) is 24.5 Å². The molecule has 252 valence electrons. The van der Waals surface area contributed by atoms with Crippen LogP contribution in [0.15, 0.2) is 42.2 Å². The number of benzene rings is 1. The molecule has 1 saturated carbocycles. The summed E-state index contributed by atoms with van der Waals surface area (Å²) in [5, 5.41) is 20.5. The second kappa shape index (κ2) is 19.7. The van der Waals surface area contributed by atoms with E-state index in [4.69, 9.17) is 9.47 Å². The first-order valence-electron chi connectivity index (χ1n) is 16.5. The number of urea groups is 1. The molecule has 0 unspecified atom stereocenters. The Balaban J connectivity index is 1.78. The number of rotatable bonds is 16. The summed E-state index contributed by atoms with van der Waals surface area (Å²) in [5.74, 6) is 0.386. The van der Waals surface area contributed by atoms with Gasteiger partial charge in [-0.2, -0.15) is 11.8 Å². The molecule has 1 aliphatic carbocycles. The molecule has 1 saturated heterocycles. The molecule has 0 bridgehead atoms. The predicted octanol–water partition coefficient (Wildman–Crippen LogP) is 4.02. The largest absolute Gasteiger partial charge is 0.493 e. The SMILES string of the molecule is CC/C=C(/OC(C)C)[C@@H](O)[C@H](CC1CCCCC1)NC(=O)[C@@H](CSC)NC(=O)[C@H](Cc1ccccc1)NC(=O)N1CCOCC1. The van der Waals surface area contributed by atoms with Gasteiger partial charge in [0.25, 0.3) is 0 Å². The molecule has 1 aromatic carbocycles. The first kappa shape index (κ1) is 36.7. The van der Waals surface area contributed by atoms with Gasteiger partial charge < -0.3 is 35.4 Å². The summed E-state index contributed by atoms with van der Waals surface area (Å²) in [4.78, 5) is 42.4. The number of ether oxygens (including phenoxy) is 2. The molecule has 4 atom stereocenters. The van der Waals surface area contributed by atoms with Crippen LogP contribution in [-0.4, -0.2) is 96.5 Å². The van der Waals surface area contributed by atoms with Gasteiger partial charge in [0.1, 0.15) is 23.9 Å². The van der Waals surface area contributed by atoms with Gasteiger partial charge in [0.05, 0.1) is 25.4 Å². The van der Waals surface area contributed by atoms with E-state index in [0.717, 1.165) is 31.2 Å². The third-order valence-corrected chi connectivity index (χ3v) is 8.92. The first-order chi connectivity index (χ1) is 21.7. The summed E-state index contributed by atoms with van der Waals surface area (Å²) in [5.41, 5.74) is 0.891. The van der Waals surface area contributed by atoms with Crippen LogP contribution in [0.1, 0.15) is 71.3 Å². The van der Waals surface area contributed by atoms with Crippen molar-refractivity contribution in [2.24, 2.45) is 5.92 Å². The van der Waals surface area contributed by atoms with Crippen LogP contribution in [0.25, 0.3) is 0 Å². The average Bonchev–Trinajstić information content (AvgIpc) is 3.04. The lowest BCUT2D eigenvalue weighted by molar-refractivity contribution is -0.130. The van der Waals surface area contributed by atoms with Crippen molar-refractivity contribution in [2.75, 3.05) is 38.3 Å². The predicted molar refractivity (Wildman–Crippen MR) is 179 cm³/mol. The van der Waals surface area contributed by atoms with Gasteiger partial charge >= 0.3 is 6.03 Å². The molecule has 11 heteroatoms. The zero-order valence-electron chi connectivity index (χ0n) is 27.5. The number of aliphatic hydroxyl groups excluding tert-OH is 1. The number of hydrogen-bond acceptors (Lipinski definition) is 7. The van der Waals surface area contributed by atoms with E-state index in [2.05, 4.69) is 16.0 Å². The van der Waals surface area contributed by atoms with Gasteiger partial charge in [0.15, 0.2) is 0 Å². The smallest absolute Gasteiger partial charge is 0.318 e. The zero-order valence-corrected chi connectivity index (χ0v) is 28.3. The highest BCUT2D eigenvalue weighted by atomic mass is 32.2. The maximum absolute atomic E-state index is 13.9. The molecule has 3 rings (SSSR count). The van der Waals surface area contributed by atoms with Gasteiger partial charge in [-0.25, -0.2) is 4.79 Å². The number of carbonyl (C=O) groups is 3. The van der Waals surface area contributed by atoms with Crippen molar-refractivity contribution in [1.29, 1.82) is 0 Å². The first-order valence-corrected chi connectivity index (χ1v) is 17.9. The monoisotopic (exact) mass is 646 g/mol. The molecule has 1 aromatic rings. The fourth-order valence-electron chi connectivity index (χ4n) is 5.93. The van der Waals surface area contributed by atoms with Crippen LogP contribution >= 0.6 is 11.8 Å². The topological polar surface area (TPSA) is 129 Å². The number of nitrogens with one attached hydrogen (secondary N) is 3. The number of carbonyl (C=O) groups excluding carboxylic acids is 3. The van der Waals surface area contributed by atoms with Crippen LogP contribution in [0.5, 0.6) is 0 Å². The van der Waals surface area contributed by atoms with Crippen LogP contribution in [0.3, 0.4) is 0 Å². The third-order valence-electron chi connectivity index (χ3n) is 8.25. The van der Waals surface area contributed by atoms with Gasteiger partial charge in [-0.1, -0.05) is 69.4 Å². The molecule has 1 heterocycles. The van der Waals surface area contributed by atoms with Gasteiger partial charge in [-0.05, 0) is 50.5 Å². The normalized spacial score (nSPS) is 18.9. The van der Waals surface area contributed by atoms with E-state index >= 15 is 0 Å². The maximum atomic E-state index is 13.9. The molecular formula is C34H54N4O6S. The van der Waals surface area contributed by atoms with Gasteiger partial charge in [0.2, 0.25) is 11.8 Å². The van der Waals surface area contributed by atoms with E-state index in [1.54, 1.807) is 4.90 Å². The summed E-state index contributed by atoms with van der Waals surface area (Å²) >= 11 is 1.44. The lowest BCUT2D eigenvalue weighted by Gasteiger charge is -2.33. The van der Waals surface area contributed by atoms with Crippen LogP contribution in [0, 0.1) is 5.92 Å². The Bertz CT molecular complexity index is 1080. The molecule has 4 N–H and O–H groups in total. The fraction of sp³-hybridized carbons (Fsp3) is 0.676. The molecule has 2 aliphatic rings. The Morgan fingerprint density at radius 1 is 1.02 bits per heavy atom. The number of thioether (sulfide) groups is 1. The minimum absolute atomic E-state index is 0.124. The molecule has 2 fully saturated rings. The second-order valence-electron chi connectivity index (χ2n) is 12.3. The molecule has 10 nitrogen and oxygen atoms in total. The molecule has 1 aliphatic heterocycles. The number of aliphatic hydroxyl groups is 1. The van der Waals surface area contributed by atoms with Crippen LogP contribution in [0.4, 0.5) is 4.79 Å². The Morgan fingerprint density at radius 2 is 1.69 bits per heavy atom. The summed E-state index contributed by atoms with van der Waals surface area (Å²) in [6.45, 7) is 7.61. The van der Waals surface area contributed by atoms with Crippen molar-refractivity contribution in [3.8, 4) is 0 Å². The lowest BCUT2D eigenvalue weighted by atomic mass is 9.83. The molecular weight excluding hydrogens is 592 g/mol. The highest BCUT2D eigenvalue weighted by molar-refractivity contribution is 7.98. The van der Waals surface area contributed by atoms with Crippen LogP contribution < -0.4 is 16.0 Å². The maximum Gasteiger partial charge on any atom is 0.318 e. The Labute approximate surface area is 273 Å². The van der Waals surface area contributed by atoms with Gasteiger partial charge in [-0.15, -0.1) is 0 Å². The number of hydrogen-bond donors (Lipinski definition) is 4. The van der Waals surface area contributed by atoms with E-state index < -0.39 is 30.1 Å². The van der Waals surface area contributed by atoms with Crippen molar-refractivity contribution in [2.45, 2.75) is 102 Å². The minimum Gasteiger partial charge on any atom is -0.493 e. The lowest BCUT2D eigenvalue weighted by Crippen LogP contribution is -2.59. The molecule has 4 amide bonds. The van der Waals surface area contributed by atoms with E-state index in [9.17, 15) is 19.5 Å². The highest BCUT2D eigenvalue weighted by Crippen LogP contribution is 2.29. The van der Waals surface area contributed by atoms with Crippen LogP contribution in [0.2, 0.25) is 0 Å². The highest BCUT2D eigenvalue weighted by Gasteiger charge is 2.33. The summed E-state index contributed by atoms with van der Waals surface area (Å²) in [6.07, 6.45) is 9.82. The van der Waals surface area contributed by atoms with Crippen molar-refractivity contribution in [3.63, 3.8) is 0 Å². The Kier molecular flexibility index (Phi) is 16.1. The van der Waals surface area contributed by atoms with E-state index in [1.807, 2.05) is 63.4 Å². The summed E-state index contributed by atoms with van der Waals surface area (Å²) in [7, 11) is 0. The van der Waals surface area contributed by atoms with Gasteiger partial charge in [0, 0.05) is 25.3 Å². The molecule has 0 radical (unpaired) electrons.